The minimum Gasteiger partial charge on any atom is -0.433 e. The third kappa shape index (κ3) is 2.29. The second-order valence-electron chi connectivity index (χ2n) is 3.88. The van der Waals surface area contributed by atoms with E-state index in [1.54, 1.807) is 25.4 Å². The zero-order chi connectivity index (χ0) is 13.4. The zero-order valence-corrected chi connectivity index (χ0v) is 11.4. The van der Waals surface area contributed by atoms with Crippen LogP contribution in [0.15, 0.2) is 34.0 Å². The van der Waals surface area contributed by atoms with Gasteiger partial charge in [0.25, 0.3) is 0 Å². The smallest absolute Gasteiger partial charge is 0.201 e. The van der Waals surface area contributed by atoms with Crippen molar-refractivity contribution in [3.8, 4) is 0 Å². The van der Waals surface area contributed by atoms with E-state index in [-0.39, 0.29) is 5.82 Å². The SMILES string of the molecule is Cc1ncc(SNc2ccc(F)c3c(Cl)c[nH]c23)o1. The van der Waals surface area contributed by atoms with E-state index in [9.17, 15) is 4.39 Å². The highest BCUT2D eigenvalue weighted by Gasteiger charge is 2.12. The molecule has 2 aromatic heterocycles. The zero-order valence-electron chi connectivity index (χ0n) is 9.83. The number of nitrogens with zero attached hydrogens (tertiary/aromatic N) is 1. The number of nitrogens with one attached hydrogen (secondary N) is 2. The molecule has 2 heterocycles. The van der Waals surface area contributed by atoms with Crippen LogP contribution in [-0.2, 0) is 0 Å². The summed E-state index contributed by atoms with van der Waals surface area (Å²) < 4.78 is 22.1. The maximum atomic E-state index is 13.7. The van der Waals surface area contributed by atoms with E-state index in [0.29, 0.717) is 26.9 Å². The first kappa shape index (κ1) is 12.4. The molecule has 0 aliphatic rings. The standard InChI is InChI=1S/C12H9ClFN3OS/c1-6-15-5-10(18-6)19-17-9-3-2-8(14)11-7(13)4-16-12(9)11/h2-5,16-17H,1H3. The molecule has 98 valence electrons. The van der Waals surface area contributed by atoms with Gasteiger partial charge in [0, 0.05) is 25.1 Å². The number of halogens is 2. The molecular formula is C12H9ClFN3OS. The van der Waals surface area contributed by atoms with Gasteiger partial charge in [-0.25, -0.2) is 9.37 Å². The molecule has 7 heteroatoms. The Bertz CT molecular complexity index is 740. The first-order valence-corrected chi connectivity index (χ1v) is 6.65. The first-order valence-electron chi connectivity index (χ1n) is 5.45. The molecule has 0 spiro atoms. The Morgan fingerprint density at radius 3 is 3.05 bits per heavy atom. The number of anilines is 1. The summed E-state index contributed by atoms with van der Waals surface area (Å²) in [6.45, 7) is 1.77. The minimum absolute atomic E-state index is 0.354. The molecule has 19 heavy (non-hydrogen) atoms. The van der Waals surface area contributed by atoms with Gasteiger partial charge in [-0.3, -0.25) is 0 Å². The van der Waals surface area contributed by atoms with E-state index < -0.39 is 0 Å². The first-order chi connectivity index (χ1) is 9.15. The quantitative estimate of drug-likeness (QED) is 0.705. The number of aromatic nitrogens is 2. The summed E-state index contributed by atoms with van der Waals surface area (Å²) in [5.74, 6) is 0.240. The number of aryl methyl sites for hydroxylation is 1. The molecule has 4 nitrogen and oxygen atoms in total. The molecule has 3 aromatic rings. The number of hydrogen-bond acceptors (Lipinski definition) is 4. The lowest BCUT2D eigenvalue weighted by molar-refractivity contribution is 0.442. The van der Waals surface area contributed by atoms with Gasteiger partial charge in [0.15, 0.2) is 5.89 Å². The van der Waals surface area contributed by atoms with Crippen LogP contribution in [0.3, 0.4) is 0 Å². The van der Waals surface area contributed by atoms with E-state index in [1.165, 1.54) is 18.0 Å². The molecule has 0 radical (unpaired) electrons. The van der Waals surface area contributed by atoms with Crippen molar-refractivity contribution in [3.05, 3.63) is 41.3 Å². The van der Waals surface area contributed by atoms with E-state index in [2.05, 4.69) is 14.7 Å². The van der Waals surface area contributed by atoms with Gasteiger partial charge in [-0.2, -0.15) is 0 Å². The molecule has 0 fully saturated rings. The van der Waals surface area contributed by atoms with Crippen molar-refractivity contribution in [1.29, 1.82) is 0 Å². The van der Waals surface area contributed by atoms with E-state index in [4.69, 9.17) is 16.0 Å². The van der Waals surface area contributed by atoms with E-state index in [1.807, 2.05) is 0 Å². The fraction of sp³-hybridized carbons (Fsp3) is 0.0833. The predicted molar refractivity (Wildman–Crippen MR) is 74.0 cm³/mol. The summed E-state index contributed by atoms with van der Waals surface area (Å²) in [7, 11) is 0. The molecule has 0 atom stereocenters. The van der Waals surface area contributed by atoms with E-state index >= 15 is 0 Å². The van der Waals surface area contributed by atoms with Gasteiger partial charge in [-0.15, -0.1) is 0 Å². The number of aromatic amines is 1. The Hall–Kier alpha value is -1.66. The van der Waals surface area contributed by atoms with Crippen molar-refractivity contribution in [2.45, 2.75) is 12.0 Å². The number of benzene rings is 1. The second-order valence-corrected chi connectivity index (χ2v) is 5.10. The lowest BCUT2D eigenvalue weighted by Crippen LogP contribution is -1.89. The monoisotopic (exact) mass is 297 g/mol. The fourth-order valence-electron chi connectivity index (χ4n) is 1.75. The Kier molecular flexibility index (Phi) is 3.12. The summed E-state index contributed by atoms with van der Waals surface area (Å²) in [5, 5.41) is 1.37. The van der Waals surface area contributed by atoms with Crippen molar-refractivity contribution in [2.24, 2.45) is 0 Å². The summed E-state index contributed by atoms with van der Waals surface area (Å²) in [6, 6.07) is 3.01. The number of hydrogen-bond donors (Lipinski definition) is 2. The van der Waals surface area contributed by atoms with Gasteiger partial charge in [-0.05, 0) is 12.1 Å². The van der Waals surface area contributed by atoms with Crippen LogP contribution in [0, 0.1) is 12.7 Å². The van der Waals surface area contributed by atoms with E-state index in [0.717, 1.165) is 5.69 Å². The maximum absolute atomic E-state index is 13.7. The van der Waals surface area contributed by atoms with Crippen LogP contribution < -0.4 is 4.72 Å². The van der Waals surface area contributed by atoms with Crippen molar-refractivity contribution in [1.82, 2.24) is 9.97 Å². The summed E-state index contributed by atoms with van der Waals surface area (Å²) in [6.07, 6.45) is 3.18. The van der Waals surface area contributed by atoms with Crippen LogP contribution in [0.2, 0.25) is 5.02 Å². The third-order valence-corrected chi connectivity index (χ3v) is 3.61. The van der Waals surface area contributed by atoms with Crippen LogP contribution in [0.1, 0.15) is 5.89 Å². The highest BCUT2D eigenvalue weighted by molar-refractivity contribution is 8.00. The largest absolute Gasteiger partial charge is 0.433 e. The molecule has 0 amide bonds. The van der Waals surface area contributed by atoms with Gasteiger partial charge in [0.05, 0.1) is 27.8 Å². The van der Waals surface area contributed by atoms with Gasteiger partial charge >= 0.3 is 0 Å². The predicted octanol–water partition coefficient (Wildman–Crippen LogP) is 4.38. The molecule has 0 saturated heterocycles. The van der Waals surface area contributed by atoms with Crippen molar-refractivity contribution in [2.75, 3.05) is 4.72 Å². The average Bonchev–Trinajstić information content (AvgIpc) is 2.96. The summed E-state index contributed by atoms with van der Waals surface area (Å²) in [5.41, 5.74) is 1.34. The van der Waals surface area contributed by atoms with Crippen LogP contribution in [0.25, 0.3) is 10.9 Å². The lowest BCUT2D eigenvalue weighted by Gasteiger charge is -2.05. The van der Waals surface area contributed by atoms with Gasteiger partial charge < -0.3 is 14.1 Å². The minimum atomic E-state index is -0.354. The number of oxazole rings is 1. The van der Waals surface area contributed by atoms with Crippen molar-refractivity contribution < 1.29 is 8.81 Å². The molecule has 0 aliphatic carbocycles. The van der Waals surface area contributed by atoms with Crippen LogP contribution in [0.4, 0.5) is 10.1 Å². The number of fused-ring (bicyclic) bond motifs is 1. The molecular weight excluding hydrogens is 289 g/mol. The maximum Gasteiger partial charge on any atom is 0.201 e. The molecule has 0 unspecified atom stereocenters. The molecule has 2 N–H and O–H groups in total. The molecule has 0 aliphatic heterocycles. The summed E-state index contributed by atoms with van der Waals surface area (Å²) >= 11 is 7.20. The molecule has 1 aromatic carbocycles. The molecule has 0 bridgehead atoms. The van der Waals surface area contributed by atoms with Crippen molar-refractivity contribution >= 4 is 40.1 Å². The van der Waals surface area contributed by atoms with Crippen LogP contribution in [-0.4, -0.2) is 9.97 Å². The Labute approximate surface area is 117 Å². The van der Waals surface area contributed by atoms with Gasteiger partial charge in [-0.1, -0.05) is 11.6 Å². The number of rotatable bonds is 3. The van der Waals surface area contributed by atoms with Crippen LogP contribution >= 0.6 is 23.5 Å². The molecule has 0 saturated carbocycles. The topological polar surface area (TPSA) is 53.9 Å². The highest BCUT2D eigenvalue weighted by atomic mass is 35.5. The van der Waals surface area contributed by atoms with Crippen molar-refractivity contribution in [3.63, 3.8) is 0 Å². The summed E-state index contributed by atoms with van der Waals surface area (Å²) in [4.78, 5) is 6.94. The van der Waals surface area contributed by atoms with Gasteiger partial charge in [0.1, 0.15) is 5.82 Å². The molecule has 3 rings (SSSR count). The average molecular weight is 298 g/mol. The fourth-order valence-corrected chi connectivity index (χ4v) is 2.64. The normalized spacial score (nSPS) is 11.1. The second kappa shape index (κ2) is 4.79. The Morgan fingerprint density at radius 2 is 2.32 bits per heavy atom. The Balaban J connectivity index is 1.91. The van der Waals surface area contributed by atoms with Crippen LogP contribution in [0.5, 0.6) is 0 Å². The number of H-pyrrole nitrogens is 1. The Morgan fingerprint density at radius 1 is 1.47 bits per heavy atom. The van der Waals surface area contributed by atoms with Gasteiger partial charge in [0.2, 0.25) is 5.09 Å². The third-order valence-electron chi connectivity index (χ3n) is 2.60. The highest BCUT2D eigenvalue weighted by Crippen LogP contribution is 2.33. The lowest BCUT2D eigenvalue weighted by atomic mass is 10.2.